The highest BCUT2D eigenvalue weighted by molar-refractivity contribution is 9.10. The summed E-state index contributed by atoms with van der Waals surface area (Å²) in [4.78, 5) is 55.3. The SMILES string of the molecule is COc1ccc([C@@H]2[C@H]3C(=O)N(c4ccc([N+](=O)[O-])cc4)C(=O)[C@@H]3ON2c2cccc([N+](=O)[O-])c2)cc1Br. The van der Waals surface area contributed by atoms with E-state index in [4.69, 9.17) is 9.57 Å². The first-order valence-corrected chi connectivity index (χ1v) is 11.7. The van der Waals surface area contributed by atoms with E-state index in [9.17, 15) is 29.8 Å². The summed E-state index contributed by atoms with van der Waals surface area (Å²) < 4.78 is 5.89. The lowest BCUT2D eigenvalue weighted by atomic mass is 9.90. The highest BCUT2D eigenvalue weighted by atomic mass is 79.9. The molecule has 0 bridgehead atoms. The molecule has 0 radical (unpaired) electrons. The molecule has 2 aliphatic heterocycles. The van der Waals surface area contributed by atoms with Crippen LogP contribution in [0.15, 0.2) is 71.2 Å². The van der Waals surface area contributed by atoms with E-state index in [0.717, 1.165) is 4.90 Å². The zero-order chi connectivity index (χ0) is 26.4. The van der Waals surface area contributed by atoms with Gasteiger partial charge in [-0.3, -0.25) is 34.7 Å². The van der Waals surface area contributed by atoms with Gasteiger partial charge in [0.25, 0.3) is 17.3 Å². The predicted octanol–water partition coefficient (Wildman–Crippen LogP) is 4.33. The molecule has 2 saturated heterocycles. The monoisotopic (exact) mass is 568 g/mol. The molecule has 3 aromatic carbocycles. The first-order chi connectivity index (χ1) is 17.7. The first-order valence-electron chi connectivity index (χ1n) is 10.9. The number of anilines is 2. The van der Waals surface area contributed by atoms with Crippen LogP contribution in [0, 0.1) is 26.1 Å². The average molecular weight is 569 g/mol. The Balaban J connectivity index is 1.58. The number of rotatable bonds is 6. The lowest BCUT2D eigenvalue weighted by Gasteiger charge is -2.29. The van der Waals surface area contributed by atoms with E-state index in [-0.39, 0.29) is 17.1 Å². The van der Waals surface area contributed by atoms with Crippen molar-refractivity contribution in [3.05, 3.63) is 97.0 Å². The summed E-state index contributed by atoms with van der Waals surface area (Å²) >= 11 is 3.44. The molecule has 12 nitrogen and oxygen atoms in total. The van der Waals surface area contributed by atoms with E-state index in [1.54, 1.807) is 24.3 Å². The van der Waals surface area contributed by atoms with Crippen LogP contribution in [0.1, 0.15) is 11.6 Å². The van der Waals surface area contributed by atoms with Gasteiger partial charge in [-0.15, -0.1) is 0 Å². The number of amides is 2. The Kier molecular flexibility index (Phi) is 6.09. The number of nitro benzene ring substituents is 2. The van der Waals surface area contributed by atoms with Crippen molar-refractivity contribution in [3.8, 4) is 5.75 Å². The van der Waals surface area contributed by atoms with E-state index in [2.05, 4.69) is 15.9 Å². The van der Waals surface area contributed by atoms with E-state index < -0.39 is 39.7 Å². The quantitative estimate of drug-likeness (QED) is 0.241. The number of hydrogen-bond acceptors (Lipinski definition) is 9. The number of hydroxylamine groups is 1. The molecule has 0 saturated carbocycles. The van der Waals surface area contributed by atoms with Crippen LogP contribution >= 0.6 is 15.9 Å². The van der Waals surface area contributed by atoms with Crippen LogP contribution in [0.2, 0.25) is 0 Å². The maximum atomic E-state index is 13.7. The number of imide groups is 1. The fraction of sp³-hybridized carbons (Fsp3) is 0.167. The van der Waals surface area contributed by atoms with Gasteiger partial charge in [0.1, 0.15) is 11.7 Å². The molecule has 3 aromatic rings. The van der Waals surface area contributed by atoms with Crippen molar-refractivity contribution in [1.29, 1.82) is 0 Å². The minimum Gasteiger partial charge on any atom is -0.496 e. The van der Waals surface area contributed by atoms with Crippen molar-refractivity contribution in [2.24, 2.45) is 5.92 Å². The maximum Gasteiger partial charge on any atom is 0.271 e. The van der Waals surface area contributed by atoms with Crippen LogP contribution in [-0.2, 0) is 14.4 Å². The summed E-state index contributed by atoms with van der Waals surface area (Å²) in [6.07, 6.45) is -1.21. The molecule has 3 atom stereocenters. The van der Waals surface area contributed by atoms with E-state index in [1.807, 2.05) is 0 Å². The van der Waals surface area contributed by atoms with Crippen molar-refractivity contribution in [3.63, 3.8) is 0 Å². The third-order valence-electron chi connectivity index (χ3n) is 6.25. The third-order valence-corrected chi connectivity index (χ3v) is 6.87. The summed E-state index contributed by atoms with van der Waals surface area (Å²) in [7, 11) is 1.51. The number of halogens is 1. The second-order valence-electron chi connectivity index (χ2n) is 8.28. The molecule has 0 unspecified atom stereocenters. The number of hydrogen-bond donors (Lipinski definition) is 0. The summed E-state index contributed by atoms with van der Waals surface area (Å²) in [5.74, 6) is -1.66. The number of ether oxygens (including phenoxy) is 1. The van der Waals surface area contributed by atoms with Crippen molar-refractivity contribution >= 4 is 50.5 Å². The third kappa shape index (κ3) is 4.07. The number of carbonyl (C=O) groups is 2. The van der Waals surface area contributed by atoms with Gasteiger partial charge in [0.05, 0.1) is 38.8 Å². The zero-order valence-corrected chi connectivity index (χ0v) is 20.6. The van der Waals surface area contributed by atoms with E-state index >= 15 is 0 Å². The van der Waals surface area contributed by atoms with Gasteiger partial charge in [-0.1, -0.05) is 12.1 Å². The number of non-ortho nitro benzene ring substituents is 2. The maximum absolute atomic E-state index is 13.7. The number of nitro groups is 2. The van der Waals surface area contributed by atoms with Gasteiger partial charge < -0.3 is 4.74 Å². The van der Waals surface area contributed by atoms with Gasteiger partial charge in [-0.05, 0) is 51.8 Å². The summed E-state index contributed by atoms with van der Waals surface area (Å²) in [6.45, 7) is 0. The fourth-order valence-electron chi connectivity index (χ4n) is 4.57. The van der Waals surface area contributed by atoms with Gasteiger partial charge >= 0.3 is 0 Å². The lowest BCUT2D eigenvalue weighted by Crippen LogP contribution is -2.37. The number of carbonyl (C=O) groups excluding carboxylic acids is 2. The van der Waals surface area contributed by atoms with Crippen molar-refractivity contribution < 1.29 is 29.0 Å². The topological polar surface area (TPSA) is 145 Å². The molecule has 0 N–H and O–H groups in total. The van der Waals surface area contributed by atoms with Crippen LogP contribution in [-0.4, -0.2) is 34.9 Å². The Morgan fingerprint density at radius 2 is 1.59 bits per heavy atom. The molecule has 2 amide bonds. The van der Waals surface area contributed by atoms with Crippen LogP contribution in [0.5, 0.6) is 5.75 Å². The Bertz CT molecular complexity index is 1450. The van der Waals surface area contributed by atoms with Crippen LogP contribution in [0.3, 0.4) is 0 Å². The Morgan fingerprint density at radius 1 is 0.892 bits per heavy atom. The lowest BCUT2D eigenvalue weighted by molar-refractivity contribution is -0.385. The highest BCUT2D eigenvalue weighted by Crippen LogP contribution is 2.48. The Morgan fingerprint density at radius 3 is 2.22 bits per heavy atom. The summed E-state index contributed by atoms with van der Waals surface area (Å²) in [6, 6.07) is 15.1. The standard InChI is InChI=1S/C24H17BrN4O8/c1-36-19-10-5-13(11-18(19)25)21-20-22(37-27(21)16-3-2-4-17(12-16)29(34)35)24(31)26(23(20)30)14-6-8-15(9-7-14)28(32)33/h2-12,20-22H,1H3/t20-,21-,22-/m1/s1. The average Bonchev–Trinajstić information content (AvgIpc) is 3.40. The van der Waals surface area contributed by atoms with Crippen molar-refractivity contribution in [2.45, 2.75) is 12.1 Å². The molecule has 2 aliphatic rings. The molecule has 0 spiro atoms. The van der Waals surface area contributed by atoms with Crippen LogP contribution in [0.25, 0.3) is 0 Å². The Labute approximate surface area is 217 Å². The number of nitrogens with zero attached hydrogens (tertiary/aromatic N) is 4. The molecule has 13 heteroatoms. The minimum atomic E-state index is -1.21. The molecule has 0 aliphatic carbocycles. The summed E-state index contributed by atoms with van der Waals surface area (Å²) in [5.41, 5.74) is 0.701. The van der Waals surface area contributed by atoms with Crippen LogP contribution in [0.4, 0.5) is 22.7 Å². The molecule has 2 heterocycles. The second kappa shape index (κ2) is 9.26. The Hall–Kier alpha value is -4.36. The molecule has 0 aromatic heterocycles. The molecule has 2 fully saturated rings. The molecular weight excluding hydrogens is 552 g/mol. The molecule has 5 rings (SSSR count). The predicted molar refractivity (Wildman–Crippen MR) is 133 cm³/mol. The number of methoxy groups -OCH3 is 1. The van der Waals surface area contributed by atoms with Crippen LogP contribution < -0.4 is 14.7 Å². The highest BCUT2D eigenvalue weighted by Gasteiger charge is 2.60. The number of benzene rings is 3. The van der Waals surface area contributed by atoms with Gasteiger partial charge in [0.15, 0.2) is 6.10 Å². The van der Waals surface area contributed by atoms with Gasteiger partial charge in [-0.25, -0.2) is 9.96 Å². The zero-order valence-electron chi connectivity index (χ0n) is 19.0. The largest absolute Gasteiger partial charge is 0.496 e. The number of fused-ring (bicyclic) bond motifs is 1. The van der Waals surface area contributed by atoms with Crippen molar-refractivity contribution in [2.75, 3.05) is 17.1 Å². The summed E-state index contributed by atoms with van der Waals surface area (Å²) in [5, 5.41) is 23.7. The normalized spacial score (nSPS) is 20.8. The van der Waals surface area contributed by atoms with Gasteiger partial charge in [-0.2, -0.15) is 0 Å². The van der Waals surface area contributed by atoms with E-state index in [1.165, 1.54) is 54.6 Å². The van der Waals surface area contributed by atoms with Gasteiger partial charge in [0, 0.05) is 24.3 Å². The molecular formula is C24H17BrN4O8. The van der Waals surface area contributed by atoms with E-state index in [0.29, 0.717) is 21.5 Å². The van der Waals surface area contributed by atoms with Gasteiger partial charge in [0.2, 0.25) is 5.91 Å². The molecule has 37 heavy (non-hydrogen) atoms. The minimum absolute atomic E-state index is 0.176. The fourth-order valence-corrected chi connectivity index (χ4v) is 5.12. The molecule has 188 valence electrons. The second-order valence-corrected chi connectivity index (χ2v) is 9.13. The van der Waals surface area contributed by atoms with Crippen molar-refractivity contribution in [1.82, 2.24) is 0 Å². The smallest absolute Gasteiger partial charge is 0.271 e. The first kappa shape index (κ1) is 24.3.